The fourth-order valence-corrected chi connectivity index (χ4v) is 2.37. The van der Waals surface area contributed by atoms with E-state index in [0.717, 1.165) is 22.5 Å². The molecular weight excluding hydrogens is 336 g/mol. The number of allylic oxidation sites excluding steroid dienone is 3. The molecule has 1 N–H and O–H groups in total. The van der Waals surface area contributed by atoms with Crippen LogP contribution < -0.4 is 9.80 Å². The summed E-state index contributed by atoms with van der Waals surface area (Å²) < 4.78 is 0. The topological polar surface area (TPSA) is 43.8 Å². The lowest BCUT2D eigenvalue weighted by atomic mass is 10.1. The molecule has 0 aliphatic carbocycles. The van der Waals surface area contributed by atoms with Crippen molar-refractivity contribution < 1.29 is 9.90 Å². The summed E-state index contributed by atoms with van der Waals surface area (Å²) in [5, 5.41) is 9.92. The summed E-state index contributed by atoms with van der Waals surface area (Å²) in [5.41, 5.74) is 4.08. The Kier molecular flexibility index (Phi) is 7.00. The Labute approximate surface area is 161 Å². The average Bonchev–Trinajstić information content (AvgIpc) is 2.65. The van der Waals surface area contributed by atoms with Crippen molar-refractivity contribution in [1.82, 2.24) is 0 Å². The van der Waals surface area contributed by atoms with Gasteiger partial charge in [-0.2, -0.15) is 0 Å². The summed E-state index contributed by atoms with van der Waals surface area (Å²) in [7, 11) is 7.92. The number of carbonyl (C=O) groups is 1. The van der Waals surface area contributed by atoms with Crippen LogP contribution in [0.25, 0.3) is 12.2 Å². The van der Waals surface area contributed by atoms with Gasteiger partial charge >= 0.3 is 0 Å². The van der Waals surface area contributed by atoms with Crippen molar-refractivity contribution in [1.29, 1.82) is 0 Å². The van der Waals surface area contributed by atoms with Crippen molar-refractivity contribution in [2.24, 2.45) is 0 Å². The third kappa shape index (κ3) is 6.51. The van der Waals surface area contributed by atoms with E-state index in [1.165, 1.54) is 18.2 Å². The van der Waals surface area contributed by atoms with Gasteiger partial charge in [0.25, 0.3) is 0 Å². The monoisotopic (exact) mass is 362 g/mol. The quantitative estimate of drug-likeness (QED) is 0.446. The average molecular weight is 362 g/mol. The molecule has 0 heterocycles. The van der Waals surface area contributed by atoms with E-state index in [1.807, 2.05) is 86.5 Å². The van der Waals surface area contributed by atoms with Crippen LogP contribution in [0.1, 0.15) is 11.1 Å². The molecule has 0 radical (unpaired) electrons. The van der Waals surface area contributed by atoms with Gasteiger partial charge in [-0.3, -0.25) is 4.79 Å². The van der Waals surface area contributed by atoms with Gasteiger partial charge in [0.05, 0.1) is 0 Å². The van der Waals surface area contributed by atoms with E-state index >= 15 is 0 Å². The van der Waals surface area contributed by atoms with Crippen molar-refractivity contribution >= 4 is 29.3 Å². The fraction of sp³-hybridized carbons (Fsp3) is 0.174. The summed E-state index contributed by atoms with van der Waals surface area (Å²) in [5.74, 6) is -0.346. The Morgan fingerprint density at radius 3 is 1.56 bits per heavy atom. The summed E-state index contributed by atoms with van der Waals surface area (Å²) in [6.45, 7) is 0. The van der Waals surface area contributed by atoms with Gasteiger partial charge in [-0.1, -0.05) is 36.4 Å². The number of rotatable bonds is 7. The number of carbonyl (C=O) groups excluding carboxylic acids is 1. The molecule has 0 spiro atoms. The molecule has 0 atom stereocenters. The second kappa shape index (κ2) is 9.43. The molecular formula is C23H26N2O2. The van der Waals surface area contributed by atoms with Crippen LogP contribution in [-0.4, -0.2) is 39.1 Å². The Morgan fingerprint density at radius 1 is 0.741 bits per heavy atom. The molecule has 2 rings (SSSR count). The lowest BCUT2D eigenvalue weighted by Gasteiger charge is -2.11. The predicted octanol–water partition coefficient (Wildman–Crippen LogP) is 4.56. The minimum absolute atomic E-state index is 0.0794. The standard InChI is InChI=1S/C23H26N2O2/c1-24(2)20-11-5-18(6-12-20)9-15-22(26)17-23(27)16-10-19-7-13-21(14-8-19)25(3)4/h5-17,26H,1-4H3. The summed E-state index contributed by atoms with van der Waals surface area (Å²) in [4.78, 5) is 16.0. The SMILES string of the molecule is CN(C)c1ccc(C=CC(=O)C=C(O)C=Cc2ccc(N(C)C)cc2)cc1. The zero-order valence-corrected chi connectivity index (χ0v) is 16.3. The van der Waals surface area contributed by atoms with E-state index in [0.29, 0.717) is 0 Å². The largest absolute Gasteiger partial charge is 0.508 e. The van der Waals surface area contributed by atoms with Gasteiger partial charge in [-0.05, 0) is 47.5 Å². The van der Waals surface area contributed by atoms with Gasteiger partial charge < -0.3 is 14.9 Å². The van der Waals surface area contributed by atoms with Crippen LogP contribution in [-0.2, 0) is 4.79 Å². The van der Waals surface area contributed by atoms with Gasteiger partial charge in [0, 0.05) is 45.6 Å². The third-order valence-corrected chi connectivity index (χ3v) is 4.00. The highest BCUT2D eigenvalue weighted by Crippen LogP contribution is 2.14. The number of ketones is 1. The highest BCUT2D eigenvalue weighted by Gasteiger charge is 1.97. The Bertz CT molecular complexity index is 843. The minimum atomic E-state index is -0.267. The second-order valence-corrected chi connectivity index (χ2v) is 6.61. The molecule has 0 aliphatic rings. The van der Waals surface area contributed by atoms with Crippen LogP contribution in [0.3, 0.4) is 0 Å². The van der Waals surface area contributed by atoms with Crippen LogP contribution >= 0.6 is 0 Å². The van der Waals surface area contributed by atoms with Crippen LogP contribution in [0.2, 0.25) is 0 Å². The molecule has 27 heavy (non-hydrogen) atoms. The molecule has 0 fully saturated rings. The maximum Gasteiger partial charge on any atom is 0.182 e. The van der Waals surface area contributed by atoms with Crippen molar-refractivity contribution in [2.75, 3.05) is 38.0 Å². The first-order valence-electron chi connectivity index (χ1n) is 8.71. The van der Waals surface area contributed by atoms with Crippen LogP contribution in [0.15, 0.2) is 72.5 Å². The maximum absolute atomic E-state index is 12.0. The van der Waals surface area contributed by atoms with Crippen molar-refractivity contribution in [3.05, 3.63) is 83.6 Å². The Balaban J connectivity index is 1.96. The maximum atomic E-state index is 12.0. The van der Waals surface area contributed by atoms with E-state index < -0.39 is 0 Å². The molecule has 4 nitrogen and oxygen atoms in total. The molecule has 0 saturated carbocycles. The molecule has 0 unspecified atom stereocenters. The highest BCUT2D eigenvalue weighted by atomic mass is 16.3. The second-order valence-electron chi connectivity index (χ2n) is 6.61. The molecule has 4 heteroatoms. The van der Waals surface area contributed by atoms with Crippen molar-refractivity contribution in [2.45, 2.75) is 0 Å². The Hall–Kier alpha value is -3.27. The number of hydrogen-bond donors (Lipinski definition) is 1. The van der Waals surface area contributed by atoms with Gasteiger partial charge in [-0.15, -0.1) is 0 Å². The first-order chi connectivity index (χ1) is 12.8. The van der Waals surface area contributed by atoms with Crippen LogP contribution in [0, 0.1) is 0 Å². The van der Waals surface area contributed by atoms with E-state index in [9.17, 15) is 9.90 Å². The van der Waals surface area contributed by atoms with Gasteiger partial charge in [0.2, 0.25) is 0 Å². The smallest absolute Gasteiger partial charge is 0.182 e. The fourth-order valence-electron chi connectivity index (χ4n) is 2.37. The summed E-state index contributed by atoms with van der Waals surface area (Å²) in [6.07, 6.45) is 7.66. The van der Waals surface area contributed by atoms with Crippen LogP contribution in [0.5, 0.6) is 0 Å². The van der Waals surface area contributed by atoms with E-state index in [-0.39, 0.29) is 11.5 Å². The molecule has 0 aromatic heterocycles. The molecule has 2 aromatic carbocycles. The first-order valence-corrected chi connectivity index (χ1v) is 8.71. The van der Waals surface area contributed by atoms with Gasteiger partial charge in [-0.25, -0.2) is 0 Å². The highest BCUT2D eigenvalue weighted by molar-refractivity contribution is 6.02. The molecule has 0 bridgehead atoms. The Morgan fingerprint density at radius 2 is 1.15 bits per heavy atom. The number of anilines is 2. The van der Waals surface area contributed by atoms with E-state index in [1.54, 1.807) is 12.2 Å². The van der Waals surface area contributed by atoms with E-state index in [2.05, 4.69) is 0 Å². The van der Waals surface area contributed by atoms with Crippen LogP contribution in [0.4, 0.5) is 11.4 Å². The molecule has 0 saturated heterocycles. The van der Waals surface area contributed by atoms with Crippen molar-refractivity contribution in [3.63, 3.8) is 0 Å². The van der Waals surface area contributed by atoms with Gasteiger partial charge in [0.15, 0.2) is 5.78 Å². The lowest BCUT2D eigenvalue weighted by Crippen LogP contribution is -2.07. The summed E-state index contributed by atoms with van der Waals surface area (Å²) in [6, 6.07) is 15.8. The third-order valence-electron chi connectivity index (χ3n) is 4.00. The first kappa shape index (κ1) is 20.0. The molecule has 0 aliphatic heterocycles. The predicted molar refractivity (Wildman–Crippen MR) is 115 cm³/mol. The molecule has 0 amide bonds. The molecule has 140 valence electrons. The number of nitrogens with zero attached hydrogens (tertiary/aromatic N) is 2. The van der Waals surface area contributed by atoms with Crippen molar-refractivity contribution in [3.8, 4) is 0 Å². The zero-order valence-electron chi connectivity index (χ0n) is 16.3. The molecule has 2 aromatic rings. The van der Waals surface area contributed by atoms with Gasteiger partial charge in [0.1, 0.15) is 5.76 Å². The zero-order chi connectivity index (χ0) is 19.8. The minimum Gasteiger partial charge on any atom is -0.508 e. The lowest BCUT2D eigenvalue weighted by molar-refractivity contribution is -0.110. The normalized spacial score (nSPS) is 11.9. The number of aliphatic hydroxyl groups excluding tert-OH is 1. The summed E-state index contributed by atoms with van der Waals surface area (Å²) >= 11 is 0. The number of hydrogen-bond acceptors (Lipinski definition) is 4. The number of benzene rings is 2. The number of aliphatic hydroxyl groups is 1. The van der Waals surface area contributed by atoms with E-state index in [4.69, 9.17) is 0 Å².